The molecule has 2 saturated heterocycles. The normalized spacial score (nSPS) is 23.0. The first-order valence-electron chi connectivity index (χ1n) is 7.75. The summed E-state index contributed by atoms with van der Waals surface area (Å²) in [6, 6.07) is 12.1. The summed E-state index contributed by atoms with van der Waals surface area (Å²) >= 11 is 1.53. The minimum Gasteiger partial charge on any atom is -0.465 e. The smallest absolute Gasteiger partial charge is 0.311 e. The summed E-state index contributed by atoms with van der Waals surface area (Å²) in [7, 11) is 0. The highest BCUT2D eigenvalue weighted by atomic mass is 32.1. The number of fused-ring (bicyclic) bond motifs is 1. The van der Waals surface area contributed by atoms with E-state index in [1.807, 2.05) is 31.2 Å². The van der Waals surface area contributed by atoms with Gasteiger partial charge in [0.15, 0.2) is 0 Å². The Morgan fingerprint density at radius 1 is 1.26 bits per heavy atom. The van der Waals surface area contributed by atoms with Crippen LogP contribution in [0, 0.1) is 18.8 Å². The first-order valence-corrected chi connectivity index (χ1v) is 8.57. The molecule has 0 bridgehead atoms. The number of aryl methyl sites for hydroxylation is 1. The van der Waals surface area contributed by atoms with Crippen molar-refractivity contribution in [2.45, 2.75) is 6.92 Å². The molecule has 0 unspecified atom stereocenters. The van der Waals surface area contributed by atoms with Crippen LogP contribution < -0.4 is 0 Å². The average molecular weight is 327 g/mol. The van der Waals surface area contributed by atoms with Crippen molar-refractivity contribution in [1.82, 2.24) is 4.90 Å². The minimum absolute atomic E-state index is 0.0301. The molecule has 118 valence electrons. The van der Waals surface area contributed by atoms with Gasteiger partial charge in [-0.3, -0.25) is 9.59 Å². The topological polar surface area (TPSA) is 46.6 Å². The molecule has 0 radical (unpaired) electrons. The van der Waals surface area contributed by atoms with Gasteiger partial charge in [0.25, 0.3) is 5.91 Å². The molecule has 3 heterocycles. The summed E-state index contributed by atoms with van der Waals surface area (Å²) < 4.78 is 5.06. The molecule has 5 heteroatoms. The van der Waals surface area contributed by atoms with Gasteiger partial charge in [-0.2, -0.15) is 0 Å². The maximum Gasteiger partial charge on any atom is 0.311 e. The van der Waals surface area contributed by atoms with Crippen LogP contribution in [0.15, 0.2) is 36.4 Å². The number of hydrogen-bond acceptors (Lipinski definition) is 4. The quantitative estimate of drug-likeness (QED) is 0.797. The van der Waals surface area contributed by atoms with Crippen LogP contribution in [-0.4, -0.2) is 36.5 Å². The number of nitrogens with zero attached hydrogens (tertiary/aromatic N) is 1. The van der Waals surface area contributed by atoms with Crippen LogP contribution in [0.2, 0.25) is 0 Å². The van der Waals surface area contributed by atoms with Crippen molar-refractivity contribution in [1.29, 1.82) is 0 Å². The largest absolute Gasteiger partial charge is 0.465 e. The highest BCUT2D eigenvalue weighted by Crippen LogP contribution is 2.35. The molecule has 2 aliphatic rings. The van der Waals surface area contributed by atoms with Gasteiger partial charge in [0.1, 0.15) is 0 Å². The molecular weight excluding hydrogens is 310 g/mol. The van der Waals surface area contributed by atoms with Crippen LogP contribution in [0.5, 0.6) is 0 Å². The van der Waals surface area contributed by atoms with Gasteiger partial charge in [-0.25, -0.2) is 0 Å². The average Bonchev–Trinajstić information content (AvgIpc) is 3.24. The first kappa shape index (κ1) is 14.5. The van der Waals surface area contributed by atoms with Gasteiger partial charge >= 0.3 is 5.97 Å². The van der Waals surface area contributed by atoms with Gasteiger partial charge in [-0.1, -0.05) is 30.3 Å². The summed E-state index contributed by atoms with van der Waals surface area (Å²) in [6.07, 6.45) is 0. The van der Waals surface area contributed by atoms with Gasteiger partial charge in [-0.05, 0) is 24.1 Å². The third-order valence-electron chi connectivity index (χ3n) is 4.64. The number of cyclic esters (lactones) is 1. The van der Waals surface area contributed by atoms with Crippen LogP contribution in [-0.2, 0) is 9.53 Å². The summed E-state index contributed by atoms with van der Waals surface area (Å²) in [5.41, 5.74) is 2.25. The second-order valence-electron chi connectivity index (χ2n) is 6.20. The number of benzene rings is 1. The van der Waals surface area contributed by atoms with Crippen LogP contribution in [0.3, 0.4) is 0 Å². The summed E-state index contributed by atoms with van der Waals surface area (Å²) in [5, 5.41) is 0. The fourth-order valence-corrected chi connectivity index (χ4v) is 4.53. The fourth-order valence-electron chi connectivity index (χ4n) is 3.39. The maximum atomic E-state index is 12.8. The highest BCUT2D eigenvalue weighted by molar-refractivity contribution is 7.17. The zero-order valence-electron chi connectivity index (χ0n) is 12.8. The lowest BCUT2D eigenvalue weighted by molar-refractivity contribution is -0.141. The van der Waals surface area contributed by atoms with E-state index in [0.29, 0.717) is 19.7 Å². The Bertz CT molecular complexity index is 768. The second kappa shape index (κ2) is 5.49. The predicted octanol–water partition coefficient (Wildman–Crippen LogP) is 2.97. The molecule has 0 aliphatic carbocycles. The Kier molecular flexibility index (Phi) is 3.45. The van der Waals surface area contributed by atoms with Gasteiger partial charge in [0, 0.05) is 23.9 Å². The Balaban J connectivity index is 1.57. The van der Waals surface area contributed by atoms with Gasteiger partial charge in [0.05, 0.1) is 17.4 Å². The van der Waals surface area contributed by atoms with Gasteiger partial charge in [-0.15, -0.1) is 11.3 Å². The number of ether oxygens (including phenoxy) is 1. The van der Waals surface area contributed by atoms with Gasteiger partial charge in [0.2, 0.25) is 0 Å². The van der Waals surface area contributed by atoms with Crippen LogP contribution in [0.25, 0.3) is 10.4 Å². The zero-order valence-corrected chi connectivity index (χ0v) is 13.6. The Labute approximate surface area is 138 Å². The van der Waals surface area contributed by atoms with E-state index in [9.17, 15) is 9.59 Å². The summed E-state index contributed by atoms with van der Waals surface area (Å²) in [5.74, 6) is -0.0881. The second-order valence-corrected chi connectivity index (χ2v) is 7.25. The van der Waals surface area contributed by atoms with Gasteiger partial charge < -0.3 is 9.64 Å². The molecule has 23 heavy (non-hydrogen) atoms. The number of carbonyl (C=O) groups excluding carboxylic acids is 2. The highest BCUT2D eigenvalue weighted by Gasteiger charge is 2.45. The van der Waals surface area contributed by atoms with E-state index < -0.39 is 0 Å². The number of likely N-dealkylation sites (tertiary alicyclic amines) is 1. The molecular formula is C18H17NO3S. The number of amides is 1. The Morgan fingerprint density at radius 3 is 2.78 bits per heavy atom. The van der Waals surface area contributed by atoms with Crippen molar-refractivity contribution in [3.8, 4) is 10.4 Å². The Hall–Kier alpha value is -2.14. The lowest BCUT2D eigenvalue weighted by atomic mass is 10.0. The van der Waals surface area contributed by atoms with E-state index in [0.717, 1.165) is 20.9 Å². The molecule has 1 amide bonds. The van der Waals surface area contributed by atoms with Crippen molar-refractivity contribution in [2.75, 3.05) is 19.7 Å². The van der Waals surface area contributed by atoms with E-state index >= 15 is 0 Å². The fraction of sp³-hybridized carbons (Fsp3) is 0.333. The lowest BCUT2D eigenvalue weighted by Gasteiger charge is -2.15. The molecule has 2 atom stereocenters. The number of carbonyl (C=O) groups is 2. The Morgan fingerprint density at radius 2 is 2.04 bits per heavy atom. The minimum atomic E-state index is -0.155. The first-order chi connectivity index (χ1) is 11.1. The van der Waals surface area contributed by atoms with E-state index in [2.05, 4.69) is 12.1 Å². The number of esters is 1. The van der Waals surface area contributed by atoms with Crippen LogP contribution in [0.1, 0.15) is 15.2 Å². The van der Waals surface area contributed by atoms with E-state index in [-0.39, 0.29) is 23.7 Å². The molecule has 4 rings (SSSR count). The molecule has 2 aliphatic heterocycles. The number of rotatable bonds is 2. The van der Waals surface area contributed by atoms with E-state index in [1.165, 1.54) is 11.3 Å². The predicted molar refractivity (Wildman–Crippen MR) is 88.3 cm³/mol. The number of hydrogen-bond donors (Lipinski definition) is 0. The van der Waals surface area contributed by atoms with Crippen molar-refractivity contribution >= 4 is 23.2 Å². The van der Waals surface area contributed by atoms with Crippen molar-refractivity contribution in [3.63, 3.8) is 0 Å². The van der Waals surface area contributed by atoms with Crippen molar-refractivity contribution < 1.29 is 14.3 Å². The monoisotopic (exact) mass is 327 g/mol. The SMILES string of the molecule is Cc1cc(C(=O)N2C[C@@H]3COC(=O)[C@@H]3C2)sc1-c1ccccc1. The standard InChI is InChI=1S/C18H17NO3S/c1-11-7-15(23-16(11)12-5-3-2-4-6-12)17(20)19-8-13-10-22-18(21)14(13)9-19/h2-7,13-14H,8-10H2,1H3/t13-,14-/m1/s1. The zero-order chi connectivity index (χ0) is 16.0. The summed E-state index contributed by atoms with van der Waals surface area (Å²) in [6.45, 7) is 3.59. The van der Waals surface area contributed by atoms with Crippen molar-refractivity contribution in [3.05, 3.63) is 46.8 Å². The molecule has 1 aromatic heterocycles. The number of thiophene rings is 1. The van der Waals surface area contributed by atoms with E-state index in [4.69, 9.17) is 4.74 Å². The maximum absolute atomic E-state index is 12.8. The molecule has 1 aromatic carbocycles. The molecule has 0 spiro atoms. The molecule has 0 N–H and O–H groups in total. The lowest BCUT2D eigenvalue weighted by Crippen LogP contribution is -2.30. The third-order valence-corrected chi connectivity index (χ3v) is 5.91. The third kappa shape index (κ3) is 2.45. The molecule has 2 aromatic rings. The van der Waals surface area contributed by atoms with E-state index in [1.54, 1.807) is 4.90 Å². The molecule has 4 nitrogen and oxygen atoms in total. The van der Waals surface area contributed by atoms with Crippen LogP contribution >= 0.6 is 11.3 Å². The van der Waals surface area contributed by atoms with Crippen LogP contribution in [0.4, 0.5) is 0 Å². The summed E-state index contributed by atoms with van der Waals surface area (Å²) in [4.78, 5) is 28.1. The molecule has 2 fully saturated rings. The van der Waals surface area contributed by atoms with Crippen molar-refractivity contribution in [2.24, 2.45) is 11.8 Å². The molecule has 0 saturated carbocycles.